The highest BCUT2D eigenvalue weighted by molar-refractivity contribution is 5.54. The number of nitriles is 2. The molecular weight excluding hydrogens is 236 g/mol. The van der Waals surface area contributed by atoms with Gasteiger partial charge in [-0.05, 0) is 12.1 Å². The number of hydrogen-bond acceptors (Lipinski definition) is 6. The van der Waals surface area contributed by atoms with Gasteiger partial charge in [-0.1, -0.05) is 0 Å². The van der Waals surface area contributed by atoms with Crippen molar-refractivity contribution in [2.24, 2.45) is 0 Å². The van der Waals surface area contributed by atoms with Crippen molar-refractivity contribution in [3.63, 3.8) is 0 Å². The van der Waals surface area contributed by atoms with Crippen LogP contribution in [-0.4, -0.2) is 19.7 Å². The van der Waals surface area contributed by atoms with Gasteiger partial charge < -0.3 is 0 Å². The van der Waals surface area contributed by atoms with E-state index >= 15 is 0 Å². The fourth-order valence-corrected chi connectivity index (χ4v) is 1.35. The molecule has 0 aliphatic heterocycles. The van der Waals surface area contributed by atoms with Crippen LogP contribution in [0.5, 0.6) is 0 Å². The van der Waals surface area contributed by atoms with E-state index in [0.29, 0.717) is 5.69 Å². The fraction of sp³-hybridized carbons (Fsp3) is 0. The minimum Gasteiger partial charge on any atom is -0.258 e. The molecule has 18 heavy (non-hydrogen) atoms. The van der Waals surface area contributed by atoms with Crippen molar-refractivity contribution >= 4 is 5.69 Å². The Hall–Kier alpha value is -3.26. The van der Waals surface area contributed by atoms with Crippen LogP contribution >= 0.6 is 0 Å². The summed E-state index contributed by atoms with van der Waals surface area (Å²) in [6.07, 6.45) is 1.27. The lowest BCUT2D eigenvalue weighted by Gasteiger charge is -2.00. The maximum Gasteiger partial charge on any atom is 0.289 e. The van der Waals surface area contributed by atoms with Crippen LogP contribution in [0, 0.1) is 32.8 Å². The molecule has 8 nitrogen and oxygen atoms in total. The molecule has 1 aromatic carbocycles. The van der Waals surface area contributed by atoms with E-state index in [-0.39, 0.29) is 17.1 Å². The van der Waals surface area contributed by atoms with Crippen LogP contribution in [0.25, 0.3) is 5.69 Å². The monoisotopic (exact) mass is 240 g/mol. The molecule has 0 amide bonds. The number of nitrogens with zero attached hydrogens (tertiary/aromatic N) is 6. The first-order valence-electron chi connectivity index (χ1n) is 4.66. The van der Waals surface area contributed by atoms with Crippen LogP contribution < -0.4 is 0 Å². The van der Waals surface area contributed by atoms with Crippen molar-refractivity contribution in [3.05, 3.63) is 46.0 Å². The van der Waals surface area contributed by atoms with E-state index in [9.17, 15) is 10.1 Å². The van der Waals surface area contributed by atoms with Gasteiger partial charge in [0.05, 0.1) is 10.6 Å². The molecule has 1 aromatic heterocycles. The van der Waals surface area contributed by atoms with Crippen LogP contribution in [0.4, 0.5) is 5.69 Å². The number of aromatic nitrogens is 3. The van der Waals surface area contributed by atoms with Crippen LogP contribution in [-0.2, 0) is 0 Å². The Morgan fingerprint density at radius 1 is 1.33 bits per heavy atom. The molecule has 0 aliphatic rings. The van der Waals surface area contributed by atoms with Crippen LogP contribution in [0.1, 0.15) is 11.4 Å². The van der Waals surface area contributed by atoms with Gasteiger partial charge in [-0.15, -0.1) is 5.10 Å². The first-order valence-corrected chi connectivity index (χ1v) is 4.66. The second kappa shape index (κ2) is 4.31. The third kappa shape index (κ3) is 1.86. The van der Waals surface area contributed by atoms with Crippen molar-refractivity contribution in [1.29, 1.82) is 10.5 Å². The van der Waals surface area contributed by atoms with Crippen molar-refractivity contribution in [1.82, 2.24) is 14.8 Å². The Bertz CT molecular complexity index is 706. The highest BCUT2D eigenvalue weighted by atomic mass is 16.6. The fourth-order valence-electron chi connectivity index (χ4n) is 1.35. The van der Waals surface area contributed by atoms with E-state index in [1.165, 1.54) is 29.2 Å². The molecule has 1 heterocycles. The Morgan fingerprint density at radius 3 is 2.67 bits per heavy atom. The zero-order chi connectivity index (χ0) is 13.1. The first kappa shape index (κ1) is 11.2. The van der Waals surface area contributed by atoms with Crippen molar-refractivity contribution in [2.45, 2.75) is 0 Å². The van der Waals surface area contributed by atoms with E-state index in [2.05, 4.69) is 10.1 Å². The molecule has 0 saturated heterocycles. The highest BCUT2D eigenvalue weighted by Gasteiger charge is 2.15. The van der Waals surface area contributed by atoms with E-state index in [4.69, 9.17) is 10.5 Å². The molecule has 0 N–H and O–H groups in total. The van der Waals surface area contributed by atoms with Gasteiger partial charge in [0.2, 0.25) is 0 Å². The van der Waals surface area contributed by atoms with Gasteiger partial charge >= 0.3 is 0 Å². The Kier molecular flexibility index (Phi) is 2.69. The SMILES string of the molecule is N#Cc1ncn(-c2ccc(C#N)c([N+](=O)[O-])c2)n1. The van der Waals surface area contributed by atoms with Gasteiger partial charge in [0.15, 0.2) is 0 Å². The summed E-state index contributed by atoms with van der Waals surface area (Å²) in [7, 11) is 0. The topological polar surface area (TPSA) is 121 Å². The summed E-state index contributed by atoms with van der Waals surface area (Å²) in [6, 6.07) is 7.49. The second-order valence-electron chi connectivity index (χ2n) is 3.19. The van der Waals surface area contributed by atoms with Gasteiger partial charge in [0.25, 0.3) is 11.5 Å². The molecule has 0 fully saturated rings. The average Bonchev–Trinajstić information content (AvgIpc) is 2.86. The molecule has 0 spiro atoms. The molecule has 0 aliphatic carbocycles. The number of nitro benzene ring substituents is 1. The van der Waals surface area contributed by atoms with Crippen LogP contribution in [0.15, 0.2) is 24.5 Å². The minimum atomic E-state index is -0.649. The molecule has 86 valence electrons. The van der Waals surface area contributed by atoms with Gasteiger partial charge in [-0.2, -0.15) is 10.5 Å². The third-order valence-electron chi connectivity index (χ3n) is 2.15. The highest BCUT2D eigenvalue weighted by Crippen LogP contribution is 2.21. The smallest absolute Gasteiger partial charge is 0.258 e. The second-order valence-corrected chi connectivity index (χ2v) is 3.19. The van der Waals surface area contributed by atoms with E-state index < -0.39 is 4.92 Å². The van der Waals surface area contributed by atoms with Gasteiger partial charge in [-0.25, -0.2) is 9.67 Å². The molecule has 0 radical (unpaired) electrons. The number of rotatable bonds is 2. The zero-order valence-corrected chi connectivity index (χ0v) is 8.81. The summed E-state index contributed by atoms with van der Waals surface area (Å²) in [5.74, 6) is -0.0398. The Morgan fingerprint density at radius 2 is 2.11 bits per heavy atom. The minimum absolute atomic E-state index is 0.0376. The van der Waals surface area contributed by atoms with Gasteiger partial charge in [-0.3, -0.25) is 10.1 Å². The molecule has 0 unspecified atom stereocenters. The van der Waals surface area contributed by atoms with E-state index in [1.807, 2.05) is 0 Å². The maximum atomic E-state index is 10.8. The predicted octanol–water partition coefficient (Wildman–Crippen LogP) is 0.919. The van der Waals surface area contributed by atoms with E-state index in [0.717, 1.165) is 0 Å². The quantitative estimate of drug-likeness (QED) is 0.568. The first-order chi connectivity index (χ1) is 8.65. The van der Waals surface area contributed by atoms with Crippen LogP contribution in [0.2, 0.25) is 0 Å². The standard InChI is InChI=1S/C10H4N6O2/c11-4-7-1-2-8(3-9(7)16(17)18)15-6-13-10(5-12)14-15/h1-3,6H. The summed E-state index contributed by atoms with van der Waals surface area (Å²) >= 11 is 0. The number of hydrogen-bond donors (Lipinski definition) is 0. The van der Waals surface area contributed by atoms with Crippen molar-refractivity contribution in [2.75, 3.05) is 0 Å². The Labute approximate surface area is 100 Å². The van der Waals surface area contributed by atoms with Crippen molar-refractivity contribution < 1.29 is 4.92 Å². The van der Waals surface area contributed by atoms with Crippen molar-refractivity contribution in [3.8, 4) is 17.8 Å². The summed E-state index contributed by atoms with van der Waals surface area (Å²) in [5, 5.41) is 31.9. The molecule has 2 rings (SSSR count). The summed E-state index contributed by atoms with van der Waals surface area (Å²) in [5.41, 5.74) is 0.00285. The molecule has 2 aromatic rings. The lowest BCUT2D eigenvalue weighted by molar-refractivity contribution is -0.385. The molecule has 0 atom stereocenters. The van der Waals surface area contributed by atoms with Gasteiger partial charge in [0, 0.05) is 6.07 Å². The maximum absolute atomic E-state index is 10.8. The Balaban J connectivity index is 2.54. The average molecular weight is 240 g/mol. The van der Waals surface area contributed by atoms with Gasteiger partial charge in [0.1, 0.15) is 24.0 Å². The number of nitro groups is 1. The predicted molar refractivity (Wildman–Crippen MR) is 57.4 cm³/mol. The molecule has 8 heteroatoms. The lowest BCUT2D eigenvalue weighted by Crippen LogP contribution is -1.99. The number of benzene rings is 1. The summed E-state index contributed by atoms with van der Waals surface area (Å²) in [6.45, 7) is 0. The molecule has 0 saturated carbocycles. The summed E-state index contributed by atoms with van der Waals surface area (Å²) < 4.78 is 1.23. The molecular formula is C10H4N6O2. The molecule has 0 bridgehead atoms. The van der Waals surface area contributed by atoms with Crippen LogP contribution in [0.3, 0.4) is 0 Å². The zero-order valence-electron chi connectivity index (χ0n) is 8.81. The third-order valence-corrected chi connectivity index (χ3v) is 2.15. The normalized spacial score (nSPS) is 9.44. The van der Waals surface area contributed by atoms with E-state index in [1.54, 1.807) is 12.1 Å². The largest absolute Gasteiger partial charge is 0.289 e. The summed E-state index contributed by atoms with van der Waals surface area (Å²) in [4.78, 5) is 13.8. The lowest BCUT2D eigenvalue weighted by atomic mass is 10.2.